The lowest BCUT2D eigenvalue weighted by Gasteiger charge is -2.06. The minimum absolute atomic E-state index is 0.276. The molecule has 3 nitrogen and oxygen atoms in total. The second-order valence-electron chi connectivity index (χ2n) is 1.41. The van der Waals surface area contributed by atoms with Gasteiger partial charge in [-0.1, -0.05) is 5.92 Å². The Kier molecular flexibility index (Phi) is 4.22. The zero-order chi connectivity index (χ0) is 7.28. The summed E-state index contributed by atoms with van der Waals surface area (Å²) in [5, 5.41) is 8.26. The van der Waals surface area contributed by atoms with E-state index in [9.17, 15) is 4.79 Å². The van der Waals surface area contributed by atoms with Gasteiger partial charge < -0.3 is 10.0 Å². The highest BCUT2D eigenvalue weighted by Crippen LogP contribution is 1.81. The first kappa shape index (κ1) is 8.56. The summed E-state index contributed by atoms with van der Waals surface area (Å²) < 4.78 is 2.57. The van der Waals surface area contributed by atoms with Crippen LogP contribution in [0.2, 0.25) is 0 Å². The lowest BCUT2D eigenvalue weighted by Crippen LogP contribution is -2.24. The Bertz CT molecular complexity index is 158. The second kappa shape index (κ2) is 4.44. The van der Waals surface area contributed by atoms with Gasteiger partial charge >= 0.3 is 6.09 Å². The Balaban J connectivity index is 3.59. The topological polar surface area (TPSA) is 40.5 Å². The molecule has 0 aromatic carbocycles. The predicted octanol–water partition coefficient (Wildman–Crippen LogP) is 0.992. The van der Waals surface area contributed by atoms with Crippen molar-refractivity contribution in [2.45, 2.75) is 0 Å². The molecule has 0 aliphatic carbocycles. The van der Waals surface area contributed by atoms with Crippen molar-refractivity contribution in [3.8, 4) is 9.85 Å². The van der Waals surface area contributed by atoms with Crippen molar-refractivity contribution in [1.29, 1.82) is 0 Å². The zero-order valence-electron chi connectivity index (χ0n) is 4.89. The predicted molar refractivity (Wildman–Crippen MR) is 42.5 cm³/mol. The minimum Gasteiger partial charge on any atom is -0.465 e. The van der Waals surface area contributed by atoms with E-state index in [0.717, 1.165) is 4.90 Å². The molecule has 1 amide bonds. The first-order chi connectivity index (χ1) is 4.18. The number of hydrogen-bond donors (Lipinski definition) is 1. The number of hydrogen-bond acceptors (Lipinski definition) is 1. The number of carbonyl (C=O) groups is 1. The van der Waals surface area contributed by atoms with E-state index >= 15 is 0 Å². The average Bonchev–Trinajstić information content (AvgIpc) is 1.82. The number of halogens is 1. The van der Waals surface area contributed by atoms with Gasteiger partial charge in [-0.3, -0.25) is 0 Å². The number of carboxylic acid groups (broad SMARTS) is 1. The molecule has 0 aliphatic heterocycles. The fourth-order valence-electron chi connectivity index (χ4n) is 0.216. The third-order valence-electron chi connectivity index (χ3n) is 0.710. The summed E-state index contributed by atoms with van der Waals surface area (Å²) in [5.74, 6) is 2.61. The largest absolute Gasteiger partial charge is 0.465 e. The maximum atomic E-state index is 10.1. The Morgan fingerprint density at radius 1 is 1.89 bits per heavy atom. The molecule has 4 heteroatoms. The molecule has 0 rings (SSSR count). The highest BCUT2D eigenvalue weighted by atomic mass is 127. The van der Waals surface area contributed by atoms with Crippen LogP contribution in [-0.4, -0.2) is 29.7 Å². The number of amides is 1. The Morgan fingerprint density at radius 2 is 2.44 bits per heavy atom. The molecule has 0 spiro atoms. The first-order valence-electron chi connectivity index (χ1n) is 2.21. The van der Waals surface area contributed by atoms with Crippen molar-refractivity contribution in [1.82, 2.24) is 4.90 Å². The van der Waals surface area contributed by atoms with E-state index < -0.39 is 6.09 Å². The standard InChI is InChI=1S/C5H6INO2/c1-7(5(8)9)4-2-3-6/h4H2,1H3,(H,8,9). The van der Waals surface area contributed by atoms with Gasteiger partial charge in [-0.15, -0.1) is 0 Å². The fraction of sp³-hybridized carbons (Fsp3) is 0.400. The molecule has 0 heterocycles. The van der Waals surface area contributed by atoms with E-state index in [-0.39, 0.29) is 6.54 Å². The molecule has 0 unspecified atom stereocenters. The minimum atomic E-state index is -0.950. The monoisotopic (exact) mass is 239 g/mol. The molecule has 0 atom stereocenters. The maximum Gasteiger partial charge on any atom is 0.407 e. The van der Waals surface area contributed by atoms with Crippen LogP contribution in [0.5, 0.6) is 0 Å². The van der Waals surface area contributed by atoms with E-state index in [0.29, 0.717) is 0 Å². The van der Waals surface area contributed by atoms with Gasteiger partial charge in [0.25, 0.3) is 0 Å². The molecular formula is C5H6INO2. The van der Waals surface area contributed by atoms with Crippen LogP contribution < -0.4 is 0 Å². The van der Waals surface area contributed by atoms with Gasteiger partial charge in [-0.25, -0.2) is 4.79 Å². The highest BCUT2D eigenvalue weighted by molar-refractivity contribution is 14.1. The van der Waals surface area contributed by atoms with Gasteiger partial charge in [0.2, 0.25) is 0 Å². The van der Waals surface area contributed by atoms with E-state index in [1.54, 1.807) is 0 Å². The van der Waals surface area contributed by atoms with Crippen molar-refractivity contribution in [3.63, 3.8) is 0 Å². The van der Waals surface area contributed by atoms with Crippen molar-refractivity contribution < 1.29 is 9.90 Å². The molecule has 9 heavy (non-hydrogen) atoms. The summed E-state index contributed by atoms with van der Waals surface area (Å²) in [5.41, 5.74) is 0. The van der Waals surface area contributed by atoms with Crippen LogP contribution in [0.15, 0.2) is 0 Å². The van der Waals surface area contributed by atoms with Crippen LogP contribution in [0.25, 0.3) is 0 Å². The van der Waals surface area contributed by atoms with Crippen LogP contribution in [0.1, 0.15) is 0 Å². The Labute approximate surface area is 67.2 Å². The van der Waals surface area contributed by atoms with E-state index in [2.05, 4.69) is 9.85 Å². The number of nitrogens with zero attached hydrogens (tertiary/aromatic N) is 1. The van der Waals surface area contributed by atoms with Crippen molar-refractivity contribution in [3.05, 3.63) is 0 Å². The van der Waals surface area contributed by atoms with Gasteiger partial charge in [0.1, 0.15) is 0 Å². The van der Waals surface area contributed by atoms with Crippen molar-refractivity contribution >= 4 is 28.7 Å². The molecular weight excluding hydrogens is 233 g/mol. The molecule has 0 aromatic rings. The number of rotatable bonds is 1. The van der Waals surface area contributed by atoms with E-state index in [1.807, 2.05) is 22.6 Å². The summed E-state index contributed by atoms with van der Waals surface area (Å²) in [6.07, 6.45) is -0.950. The summed E-state index contributed by atoms with van der Waals surface area (Å²) in [7, 11) is 1.48. The van der Waals surface area contributed by atoms with Gasteiger partial charge in [-0.2, -0.15) is 0 Å². The lowest BCUT2D eigenvalue weighted by atomic mass is 10.6. The molecule has 0 aromatic heterocycles. The molecule has 0 aliphatic rings. The van der Waals surface area contributed by atoms with Gasteiger partial charge in [0.15, 0.2) is 0 Å². The third-order valence-corrected chi connectivity index (χ3v) is 1.09. The molecule has 0 saturated carbocycles. The summed E-state index contributed by atoms with van der Waals surface area (Å²) in [6.45, 7) is 0.276. The third kappa shape index (κ3) is 4.09. The fourth-order valence-corrected chi connectivity index (χ4v) is 0.387. The average molecular weight is 239 g/mol. The smallest absolute Gasteiger partial charge is 0.407 e. The molecule has 50 valence electrons. The van der Waals surface area contributed by atoms with Gasteiger partial charge in [0, 0.05) is 29.6 Å². The maximum absolute atomic E-state index is 10.1. The van der Waals surface area contributed by atoms with Gasteiger partial charge in [0.05, 0.1) is 6.54 Å². The summed E-state index contributed by atoms with van der Waals surface area (Å²) in [4.78, 5) is 11.2. The van der Waals surface area contributed by atoms with Gasteiger partial charge in [-0.05, 0) is 3.93 Å². The molecule has 0 radical (unpaired) electrons. The summed E-state index contributed by atoms with van der Waals surface area (Å²) in [6, 6.07) is 0. The van der Waals surface area contributed by atoms with Crippen LogP contribution in [0, 0.1) is 9.85 Å². The SMILES string of the molecule is CN(CC#CI)C(=O)O. The van der Waals surface area contributed by atoms with Crippen molar-refractivity contribution in [2.75, 3.05) is 13.6 Å². The second-order valence-corrected chi connectivity index (χ2v) is 1.95. The molecule has 0 bridgehead atoms. The summed E-state index contributed by atoms with van der Waals surface area (Å²) >= 11 is 1.86. The highest BCUT2D eigenvalue weighted by Gasteiger charge is 1.99. The quantitative estimate of drug-likeness (QED) is 0.547. The van der Waals surface area contributed by atoms with Crippen LogP contribution in [0.3, 0.4) is 0 Å². The van der Waals surface area contributed by atoms with Crippen LogP contribution in [-0.2, 0) is 0 Å². The molecule has 0 saturated heterocycles. The normalized spacial score (nSPS) is 7.33. The lowest BCUT2D eigenvalue weighted by molar-refractivity contribution is 0.161. The Hall–Kier alpha value is -0.440. The molecule has 1 N–H and O–H groups in total. The van der Waals surface area contributed by atoms with Crippen LogP contribution >= 0.6 is 22.6 Å². The Morgan fingerprint density at radius 3 is 2.78 bits per heavy atom. The van der Waals surface area contributed by atoms with E-state index in [1.165, 1.54) is 7.05 Å². The zero-order valence-corrected chi connectivity index (χ0v) is 7.05. The molecule has 0 fully saturated rings. The first-order valence-corrected chi connectivity index (χ1v) is 3.29. The van der Waals surface area contributed by atoms with Crippen LogP contribution in [0.4, 0.5) is 4.79 Å². The van der Waals surface area contributed by atoms with Crippen molar-refractivity contribution in [2.24, 2.45) is 0 Å². The van der Waals surface area contributed by atoms with E-state index in [4.69, 9.17) is 5.11 Å².